The summed E-state index contributed by atoms with van der Waals surface area (Å²) in [5.41, 5.74) is 0. The van der Waals surface area contributed by atoms with E-state index in [1.54, 1.807) is 0 Å². The van der Waals surface area contributed by atoms with Gasteiger partial charge in [0.25, 0.3) is 0 Å². The summed E-state index contributed by atoms with van der Waals surface area (Å²) in [5.74, 6) is 1.65. The van der Waals surface area contributed by atoms with Crippen molar-refractivity contribution in [2.45, 2.75) is 39.2 Å². The minimum absolute atomic E-state index is 0.693. The van der Waals surface area contributed by atoms with Gasteiger partial charge in [0.2, 0.25) is 5.95 Å². The molecule has 4 heteroatoms. The Morgan fingerprint density at radius 2 is 2.00 bits per heavy atom. The lowest BCUT2D eigenvalue weighted by atomic mass is 10.1. The molecule has 0 saturated heterocycles. The molecule has 1 aliphatic rings. The monoisotopic (exact) mass is 331 g/mol. The highest BCUT2D eigenvalue weighted by atomic mass is 127. The van der Waals surface area contributed by atoms with E-state index in [1.165, 1.54) is 19.3 Å². The number of anilines is 1. The summed E-state index contributed by atoms with van der Waals surface area (Å²) in [4.78, 5) is 11.2. The first-order valence-electron chi connectivity index (χ1n) is 5.91. The molecule has 0 atom stereocenters. The normalized spacial score (nSPS) is 15.5. The van der Waals surface area contributed by atoms with Gasteiger partial charge >= 0.3 is 0 Å². The number of halogens is 1. The van der Waals surface area contributed by atoms with Gasteiger partial charge in [0.15, 0.2) is 0 Å². The number of hydrogen-bond donors (Lipinski definition) is 0. The largest absolute Gasteiger partial charge is 0.338 e. The molecule has 88 valence electrons. The molecule has 0 spiro atoms. The smallest absolute Gasteiger partial charge is 0.225 e. The van der Waals surface area contributed by atoms with Crippen LogP contribution >= 0.6 is 22.6 Å². The van der Waals surface area contributed by atoms with Gasteiger partial charge in [0.05, 0.1) is 0 Å². The Bertz CT molecular complexity index is 333. The van der Waals surface area contributed by atoms with E-state index < -0.39 is 0 Å². The molecule has 0 unspecified atom stereocenters. The van der Waals surface area contributed by atoms with Crippen LogP contribution in [0.15, 0.2) is 12.4 Å². The van der Waals surface area contributed by atoms with Crippen LogP contribution in [0.4, 0.5) is 5.95 Å². The summed E-state index contributed by atoms with van der Waals surface area (Å²) >= 11 is 2.24. The summed E-state index contributed by atoms with van der Waals surface area (Å²) in [6.45, 7) is 5.61. The van der Waals surface area contributed by atoms with Gasteiger partial charge in [-0.25, -0.2) is 9.97 Å². The lowest BCUT2D eigenvalue weighted by molar-refractivity contribution is 0.565. The van der Waals surface area contributed by atoms with Crippen molar-refractivity contribution >= 4 is 28.5 Å². The molecule has 0 radical (unpaired) electrons. The van der Waals surface area contributed by atoms with Crippen molar-refractivity contribution in [2.24, 2.45) is 5.92 Å². The first-order chi connectivity index (χ1) is 7.66. The zero-order valence-corrected chi connectivity index (χ0v) is 12.0. The Kier molecular flexibility index (Phi) is 4.00. The molecule has 2 rings (SSSR count). The van der Waals surface area contributed by atoms with E-state index in [0.717, 1.165) is 22.0 Å². The van der Waals surface area contributed by atoms with Crippen LogP contribution in [-0.2, 0) is 0 Å². The van der Waals surface area contributed by atoms with Crippen molar-refractivity contribution in [3.63, 3.8) is 0 Å². The molecular formula is C12H18IN3. The van der Waals surface area contributed by atoms with E-state index in [-0.39, 0.29) is 0 Å². The molecule has 1 saturated carbocycles. The predicted molar refractivity (Wildman–Crippen MR) is 74.6 cm³/mol. The second-order valence-electron chi connectivity index (χ2n) is 4.81. The highest BCUT2D eigenvalue weighted by Gasteiger charge is 2.30. The van der Waals surface area contributed by atoms with Gasteiger partial charge in [0, 0.05) is 28.6 Å². The third kappa shape index (κ3) is 3.30. The summed E-state index contributed by atoms with van der Waals surface area (Å²) < 4.78 is 1.10. The molecule has 1 aromatic heterocycles. The van der Waals surface area contributed by atoms with Crippen LogP contribution in [0.25, 0.3) is 0 Å². The van der Waals surface area contributed by atoms with Crippen molar-refractivity contribution in [3.8, 4) is 0 Å². The maximum atomic E-state index is 4.43. The van der Waals surface area contributed by atoms with Gasteiger partial charge < -0.3 is 4.90 Å². The Balaban J connectivity index is 2.03. The van der Waals surface area contributed by atoms with Gasteiger partial charge in [0.1, 0.15) is 0 Å². The molecule has 0 N–H and O–H groups in total. The van der Waals surface area contributed by atoms with Crippen molar-refractivity contribution in [2.75, 3.05) is 11.4 Å². The maximum absolute atomic E-state index is 4.43. The maximum Gasteiger partial charge on any atom is 0.225 e. The summed E-state index contributed by atoms with van der Waals surface area (Å²) in [6, 6.07) is 0.693. The zero-order valence-electron chi connectivity index (χ0n) is 9.86. The molecule has 1 aliphatic carbocycles. The summed E-state index contributed by atoms with van der Waals surface area (Å²) in [6.07, 6.45) is 7.61. The number of nitrogens with zero attached hydrogens (tertiary/aromatic N) is 3. The lowest BCUT2D eigenvalue weighted by Gasteiger charge is -2.23. The van der Waals surface area contributed by atoms with E-state index in [4.69, 9.17) is 0 Å². The Labute approximate surface area is 111 Å². The fourth-order valence-electron chi connectivity index (χ4n) is 1.68. The first kappa shape index (κ1) is 12.1. The Morgan fingerprint density at radius 1 is 1.38 bits per heavy atom. The number of rotatable bonds is 5. The molecule has 1 aromatic rings. The van der Waals surface area contributed by atoms with Crippen molar-refractivity contribution in [1.82, 2.24) is 9.97 Å². The van der Waals surface area contributed by atoms with Crippen LogP contribution in [-0.4, -0.2) is 22.6 Å². The number of aromatic nitrogens is 2. The highest BCUT2D eigenvalue weighted by molar-refractivity contribution is 14.1. The molecule has 0 bridgehead atoms. The Morgan fingerprint density at radius 3 is 2.50 bits per heavy atom. The van der Waals surface area contributed by atoms with Crippen molar-refractivity contribution in [1.29, 1.82) is 0 Å². The van der Waals surface area contributed by atoms with Gasteiger partial charge in [-0.15, -0.1) is 0 Å². The van der Waals surface area contributed by atoms with Crippen LogP contribution < -0.4 is 4.90 Å². The minimum atomic E-state index is 0.693. The number of hydrogen-bond acceptors (Lipinski definition) is 3. The van der Waals surface area contributed by atoms with E-state index >= 15 is 0 Å². The third-order valence-corrected chi connectivity index (χ3v) is 3.36. The Hall–Kier alpha value is -0.390. The summed E-state index contributed by atoms with van der Waals surface area (Å²) in [5, 5.41) is 0. The molecule has 0 aliphatic heterocycles. The lowest BCUT2D eigenvalue weighted by Crippen LogP contribution is -2.29. The van der Waals surface area contributed by atoms with Crippen LogP contribution in [0, 0.1) is 9.49 Å². The standard InChI is InChI=1S/C12H18IN3/c1-9(2)5-6-16(11-3-4-11)12-14-7-10(13)8-15-12/h7-9,11H,3-6H2,1-2H3. The SMILES string of the molecule is CC(C)CCN(c1ncc(I)cn1)C1CC1. The molecular weight excluding hydrogens is 313 g/mol. The first-order valence-corrected chi connectivity index (χ1v) is 6.99. The van der Waals surface area contributed by atoms with Crippen LogP contribution in [0.5, 0.6) is 0 Å². The van der Waals surface area contributed by atoms with Crippen LogP contribution in [0.2, 0.25) is 0 Å². The van der Waals surface area contributed by atoms with Crippen LogP contribution in [0.3, 0.4) is 0 Å². The molecule has 0 aromatic carbocycles. The van der Waals surface area contributed by atoms with E-state index in [2.05, 4.69) is 51.3 Å². The predicted octanol–water partition coefficient (Wildman–Crippen LogP) is 3.10. The molecule has 1 heterocycles. The van der Waals surface area contributed by atoms with Crippen molar-refractivity contribution in [3.05, 3.63) is 16.0 Å². The van der Waals surface area contributed by atoms with Crippen LogP contribution in [0.1, 0.15) is 33.1 Å². The molecule has 16 heavy (non-hydrogen) atoms. The van der Waals surface area contributed by atoms with E-state index in [0.29, 0.717) is 6.04 Å². The summed E-state index contributed by atoms with van der Waals surface area (Å²) in [7, 11) is 0. The highest BCUT2D eigenvalue weighted by Crippen LogP contribution is 2.30. The second kappa shape index (κ2) is 5.29. The topological polar surface area (TPSA) is 29.0 Å². The minimum Gasteiger partial charge on any atom is -0.338 e. The average Bonchev–Trinajstić information content (AvgIpc) is 3.04. The second-order valence-corrected chi connectivity index (χ2v) is 6.05. The van der Waals surface area contributed by atoms with E-state index in [1.807, 2.05) is 12.4 Å². The van der Waals surface area contributed by atoms with Crippen molar-refractivity contribution < 1.29 is 0 Å². The van der Waals surface area contributed by atoms with Gasteiger partial charge in [-0.05, 0) is 47.8 Å². The van der Waals surface area contributed by atoms with Gasteiger partial charge in [-0.3, -0.25) is 0 Å². The third-order valence-electron chi connectivity index (χ3n) is 2.80. The fraction of sp³-hybridized carbons (Fsp3) is 0.667. The van der Waals surface area contributed by atoms with Gasteiger partial charge in [-0.1, -0.05) is 13.8 Å². The van der Waals surface area contributed by atoms with E-state index in [9.17, 15) is 0 Å². The van der Waals surface area contributed by atoms with Gasteiger partial charge in [-0.2, -0.15) is 0 Å². The molecule has 1 fully saturated rings. The molecule has 0 amide bonds. The average molecular weight is 331 g/mol. The quantitative estimate of drug-likeness (QED) is 0.777. The fourth-order valence-corrected chi connectivity index (χ4v) is 1.96. The molecule has 3 nitrogen and oxygen atoms in total. The zero-order chi connectivity index (χ0) is 11.5.